The topological polar surface area (TPSA) is 117 Å². The highest BCUT2D eigenvalue weighted by atomic mass is 127. The molecule has 4 rings (SSSR count). The van der Waals surface area contributed by atoms with Crippen LogP contribution in [-0.4, -0.2) is 45.8 Å². The molecule has 2 amide bonds. The number of ketones is 1. The van der Waals surface area contributed by atoms with Crippen LogP contribution in [-0.2, 0) is 25.3 Å². The van der Waals surface area contributed by atoms with Crippen LogP contribution >= 0.6 is 22.6 Å². The van der Waals surface area contributed by atoms with Crippen LogP contribution in [0.4, 0.5) is 13.2 Å². The first-order chi connectivity index (χ1) is 19.1. The number of amides is 2. The fourth-order valence-electron chi connectivity index (χ4n) is 4.55. The van der Waals surface area contributed by atoms with Crippen LogP contribution in [0.2, 0.25) is 0 Å². The summed E-state index contributed by atoms with van der Waals surface area (Å²) in [6.07, 6.45) is -1.36. The van der Waals surface area contributed by atoms with Gasteiger partial charge < -0.3 is 20.4 Å². The van der Waals surface area contributed by atoms with Gasteiger partial charge in [0.05, 0.1) is 23.1 Å². The molecule has 1 saturated heterocycles. The van der Waals surface area contributed by atoms with Gasteiger partial charge in [0.15, 0.2) is 5.78 Å². The van der Waals surface area contributed by atoms with E-state index in [1.807, 2.05) is 22.6 Å². The van der Waals surface area contributed by atoms with Crippen molar-refractivity contribution in [3.8, 4) is 23.1 Å². The fraction of sp³-hybridized carbons (Fsp3) is 0.357. The summed E-state index contributed by atoms with van der Waals surface area (Å²) in [5.41, 5.74) is -0.748. The Morgan fingerprint density at radius 3 is 2.58 bits per heavy atom. The lowest BCUT2D eigenvalue weighted by Crippen LogP contribution is -2.41. The third-order valence-electron chi connectivity index (χ3n) is 6.65. The number of H-pyrrole nitrogens is 1. The quantitative estimate of drug-likeness (QED) is 0.0790. The molecular weight excluding hydrogens is 642 g/mol. The SMILES string of the molecule is O=C(/C=C/[C@H](C[C@@H]1CCNC1=O)NC(=O)[C@@H](CC(=O)c1ccc(-c2ccccc2C(F)(F)F)[nH]1)C1C#C1)OCI. The Hall–Kier alpha value is -3.60. The zero-order valence-corrected chi connectivity index (χ0v) is 23.2. The summed E-state index contributed by atoms with van der Waals surface area (Å²) in [5, 5.41) is 5.55. The molecule has 8 nitrogen and oxygen atoms in total. The molecule has 1 aliphatic carbocycles. The Kier molecular flexibility index (Phi) is 9.34. The highest BCUT2D eigenvalue weighted by molar-refractivity contribution is 14.1. The normalized spacial score (nSPS) is 18.0. The number of hydrogen-bond acceptors (Lipinski definition) is 5. The first-order valence-corrected chi connectivity index (χ1v) is 14.0. The van der Waals surface area contributed by atoms with Crippen molar-refractivity contribution in [2.75, 3.05) is 11.2 Å². The number of aromatic nitrogens is 1. The third kappa shape index (κ3) is 7.53. The van der Waals surface area contributed by atoms with Gasteiger partial charge in [0.25, 0.3) is 0 Å². The molecule has 0 radical (unpaired) electrons. The lowest BCUT2D eigenvalue weighted by atomic mass is 9.92. The average Bonchev–Trinajstić information content (AvgIpc) is 3.48. The molecule has 3 N–H and O–H groups in total. The van der Waals surface area contributed by atoms with Gasteiger partial charge in [-0.25, -0.2) is 4.79 Å². The zero-order chi connectivity index (χ0) is 28.9. The van der Waals surface area contributed by atoms with Gasteiger partial charge in [-0.2, -0.15) is 13.2 Å². The molecule has 2 heterocycles. The largest absolute Gasteiger partial charge is 0.452 e. The lowest BCUT2D eigenvalue weighted by molar-refractivity contribution is -0.137. The van der Waals surface area contributed by atoms with E-state index in [9.17, 15) is 32.3 Å². The van der Waals surface area contributed by atoms with Crippen LogP contribution in [0.5, 0.6) is 0 Å². The number of carbonyl (C=O) groups excluding carboxylic acids is 4. The van der Waals surface area contributed by atoms with Crippen molar-refractivity contribution in [2.24, 2.45) is 17.8 Å². The minimum atomic E-state index is -4.57. The fourth-order valence-corrected chi connectivity index (χ4v) is 4.86. The molecule has 12 heteroatoms. The lowest BCUT2D eigenvalue weighted by Gasteiger charge is -2.21. The predicted molar refractivity (Wildman–Crippen MR) is 147 cm³/mol. The van der Waals surface area contributed by atoms with Gasteiger partial charge >= 0.3 is 12.1 Å². The number of halogens is 4. The summed E-state index contributed by atoms with van der Waals surface area (Å²) in [7, 11) is 0. The Morgan fingerprint density at radius 1 is 1.18 bits per heavy atom. The zero-order valence-electron chi connectivity index (χ0n) is 21.0. The molecule has 1 aliphatic heterocycles. The summed E-state index contributed by atoms with van der Waals surface area (Å²) in [6.45, 7) is 0.517. The van der Waals surface area contributed by atoms with E-state index >= 15 is 0 Å². The van der Waals surface area contributed by atoms with E-state index in [1.54, 1.807) is 0 Å². The van der Waals surface area contributed by atoms with Gasteiger partial charge in [-0.15, -0.1) is 0 Å². The molecule has 210 valence electrons. The second-order valence-corrected chi connectivity index (χ2v) is 10.0. The van der Waals surface area contributed by atoms with Crippen LogP contribution in [0, 0.1) is 29.6 Å². The molecule has 3 atom stereocenters. The van der Waals surface area contributed by atoms with Crippen molar-refractivity contribution in [3.05, 3.63) is 59.8 Å². The van der Waals surface area contributed by atoms with Gasteiger partial charge in [0.2, 0.25) is 11.8 Å². The van der Waals surface area contributed by atoms with Gasteiger partial charge in [-0.05, 0) is 53.6 Å². The number of aromatic amines is 1. The Labute approximate surface area is 241 Å². The van der Waals surface area contributed by atoms with E-state index in [1.165, 1.54) is 42.5 Å². The maximum Gasteiger partial charge on any atom is 0.417 e. The Balaban J connectivity index is 1.47. The van der Waals surface area contributed by atoms with Crippen molar-refractivity contribution in [1.82, 2.24) is 15.6 Å². The number of benzene rings is 1. The number of esters is 1. The summed E-state index contributed by atoms with van der Waals surface area (Å²) in [6, 6.07) is 7.12. The van der Waals surface area contributed by atoms with Crippen molar-refractivity contribution in [1.29, 1.82) is 0 Å². The van der Waals surface area contributed by atoms with Crippen LogP contribution in [0.25, 0.3) is 11.3 Å². The Morgan fingerprint density at radius 2 is 1.93 bits per heavy atom. The van der Waals surface area contributed by atoms with E-state index in [-0.39, 0.29) is 46.2 Å². The number of hydrogen-bond donors (Lipinski definition) is 3. The molecule has 0 bridgehead atoms. The molecular formula is C28H25F3IN3O5. The molecule has 1 aromatic carbocycles. The third-order valence-corrected chi connectivity index (χ3v) is 6.97. The highest BCUT2D eigenvalue weighted by Crippen LogP contribution is 2.36. The molecule has 0 saturated carbocycles. The van der Waals surface area contributed by atoms with Gasteiger partial charge in [0.1, 0.15) is 4.61 Å². The molecule has 40 heavy (non-hydrogen) atoms. The number of Topliss-reactive ketones (excluding diaryl/α,β-unsaturated/α-hetero) is 1. The molecule has 0 unspecified atom stereocenters. The maximum atomic E-state index is 13.5. The van der Waals surface area contributed by atoms with Crippen LogP contribution in [0.3, 0.4) is 0 Å². The second-order valence-electron chi connectivity index (χ2n) is 9.39. The smallest absolute Gasteiger partial charge is 0.417 e. The number of ether oxygens (including phenoxy) is 1. The van der Waals surface area contributed by atoms with E-state index < -0.39 is 47.3 Å². The van der Waals surface area contributed by atoms with E-state index in [2.05, 4.69) is 27.5 Å². The molecule has 2 aromatic rings. The van der Waals surface area contributed by atoms with Crippen molar-refractivity contribution in [2.45, 2.75) is 31.5 Å². The van der Waals surface area contributed by atoms with E-state index in [0.29, 0.717) is 13.0 Å². The summed E-state index contributed by atoms with van der Waals surface area (Å²) in [4.78, 5) is 53.1. The van der Waals surface area contributed by atoms with E-state index in [0.717, 1.165) is 6.07 Å². The second kappa shape index (κ2) is 12.7. The monoisotopic (exact) mass is 667 g/mol. The first-order valence-electron chi connectivity index (χ1n) is 12.5. The van der Waals surface area contributed by atoms with Crippen LogP contribution in [0.15, 0.2) is 48.6 Å². The summed E-state index contributed by atoms with van der Waals surface area (Å²) >= 11 is 1.87. The van der Waals surface area contributed by atoms with Crippen molar-refractivity contribution in [3.63, 3.8) is 0 Å². The standard InChI is InChI=1S/C28H25F3IN3O5/c29-28(30,31)21-4-2-1-3-19(21)22-8-9-23(35-22)24(36)14-20(16-5-6-16)27(39)34-18(7-10-25(37)40-15-32)13-17-11-12-33-26(17)38/h1-4,7-10,16-18,20,35H,11-15H2,(H,33,38)(H,34,39)/b10-7+/t17-,18+,20-/m0/s1. The number of alkyl halides is 4. The maximum absolute atomic E-state index is 13.5. The average molecular weight is 667 g/mol. The minimum absolute atomic E-state index is 0.0612. The van der Waals surface area contributed by atoms with Crippen molar-refractivity contribution >= 4 is 46.2 Å². The summed E-state index contributed by atoms with van der Waals surface area (Å²) in [5.74, 6) is 2.13. The molecule has 0 spiro atoms. The van der Waals surface area contributed by atoms with E-state index in [4.69, 9.17) is 4.74 Å². The molecule has 1 aromatic heterocycles. The van der Waals surface area contributed by atoms with Gasteiger partial charge in [-0.3, -0.25) is 14.4 Å². The number of carbonyl (C=O) groups is 4. The molecule has 2 aliphatic rings. The van der Waals surface area contributed by atoms with Crippen LogP contribution in [0.1, 0.15) is 35.3 Å². The Bertz CT molecular complexity index is 1380. The minimum Gasteiger partial charge on any atom is -0.452 e. The number of nitrogens with one attached hydrogen (secondary N) is 3. The van der Waals surface area contributed by atoms with Crippen molar-refractivity contribution < 1.29 is 37.1 Å². The van der Waals surface area contributed by atoms with Crippen LogP contribution < -0.4 is 10.6 Å². The van der Waals surface area contributed by atoms with Gasteiger partial charge in [-0.1, -0.05) is 36.1 Å². The first kappa shape index (κ1) is 29.4. The molecule has 1 fully saturated rings. The highest BCUT2D eigenvalue weighted by Gasteiger charge is 2.36. The number of rotatable bonds is 12. The van der Waals surface area contributed by atoms with Gasteiger partial charge in [0, 0.05) is 42.3 Å². The predicted octanol–water partition coefficient (Wildman–Crippen LogP) is 4.03. The summed E-state index contributed by atoms with van der Waals surface area (Å²) < 4.78 is 45.4.